The van der Waals surface area contributed by atoms with Crippen molar-refractivity contribution in [2.45, 2.75) is 63.2 Å². The van der Waals surface area contributed by atoms with Crippen molar-refractivity contribution >= 4 is 17.1 Å². The summed E-state index contributed by atoms with van der Waals surface area (Å²) in [7, 11) is 0. The van der Waals surface area contributed by atoms with Crippen molar-refractivity contribution < 1.29 is 0 Å². The number of nitrogens with zero attached hydrogens (tertiary/aromatic N) is 1. The first-order valence-corrected chi connectivity index (χ1v) is 23.0. The summed E-state index contributed by atoms with van der Waals surface area (Å²) in [5.41, 5.74) is 20.4. The summed E-state index contributed by atoms with van der Waals surface area (Å²) in [6.45, 7) is 4.77. The fourth-order valence-corrected chi connectivity index (χ4v) is 12.9. The minimum Gasteiger partial charge on any atom is -0.309 e. The molecule has 5 aliphatic carbocycles. The molecule has 0 heterocycles. The van der Waals surface area contributed by atoms with Crippen LogP contribution in [-0.4, -0.2) is 0 Å². The van der Waals surface area contributed by atoms with Gasteiger partial charge in [0, 0.05) is 27.9 Å². The van der Waals surface area contributed by atoms with Crippen LogP contribution in [0.1, 0.15) is 69.1 Å². The third-order valence-corrected chi connectivity index (χ3v) is 15.4. The lowest BCUT2D eigenvalue weighted by atomic mass is 9.48. The van der Waals surface area contributed by atoms with Crippen LogP contribution in [0.4, 0.5) is 17.1 Å². The predicted molar refractivity (Wildman–Crippen MR) is 260 cm³/mol. The van der Waals surface area contributed by atoms with E-state index in [9.17, 15) is 0 Å². The van der Waals surface area contributed by atoms with Gasteiger partial charge in [0.25, 0.3) is 0 Å². The lowest BCUT2D eigenvalue weighted by molar-refractivity contribution is -0.00518. The summed E-state index contributed by atoms with van der Waals surface area (Å²) in [4.78, 5) is 2.54. The third kappa shape index (κ3) is 6.19. The van der Waals surface area contributed by atoms with E-state index in [1.807, 2.05) is 0 Å². The van der Waals surface area contributed by atoms with E-state index < -0.39 is 0 Å². The van der Waals surface area contributed by atoms with Crippen molar-refractivity contribution in [3.8, 4) is 55.6 Å². The van der Waals surface area contributed by atoms with Gasteiger partial charge in [-0.1, -0.05) is 172 Å². The van der Waals surface area contributed by atoms with E-state index in [0.29, 0.717) is 5.41 Å². The Morgan fingerprint density at radius 1 is 0.371 bits per heavy atom. The van der Waals surface area contributed by atoms with Crippen molar-refractivity contribution in [2.24, 2.45) is 17.8 Å². The van der Waals surface area contributed by atoms with Crippen molar-refractivity contribution in [3.05, 3.63) is 211 Å². The quantitative estimate of drug-likeness (QED) is 0.148. The minimum absolute atomic E-state index is 0.137. The molecule has 0 spiro atoms. The number of hydrogen-bond acceptors (Lipinski definition) is 1. The molecule has 0 aromatic heterocycles. The second kappa shape index (κ2) is 14.6. The van der Waals surface area contributed by atoms with Crippen LogP contribution in [0.2, 0.25) is 0 Å². The molecule has 0 unspecified atom stereocenters. The Morgan fingerprint density at radius 2 is 0.823 bits per heavy atom. The van der Waals surface area contributed by atoms with E-state index in [-0.39, 0.29) is 5.41 Å². The Labute approximate surface area is 367 Å². The molecule has 0 amide bonds. The van der Waals surface area contributed by atoms with Crippen molar-refractivity contribution in [3.63, 3.8) is 0 Å². The van der Waals surface area contributed by atoms with Gasteiger partial charge in [-0.25, -0.2) is 0 Å². The Hall–Kier alpha value is -6.44. The molecule has 5 aliphatic rings. The zero-order valence-electron chi connectivity index (χ0n) is 35.9. The summed E-state index contributed by atoms with van der Waals surface area (Å²) in [5, 5.41) is 0. The topological polar surface area (TPSA) is 3.24 Å². The SMILES string of the molecule is CC1(C)c2ccccc2-c2ccc(N(c3ccc(-c4ccc(C56CC7CC(CC(C7)C5)C6)cc4)cc3)c3c(-c4ccccc4)cc(-c4ccccc4)cc3-c3ccccc3)cc21. The molecule has 4 bridgehead atoms. The van der Waals surface area contributed by atoms with E-state index in [2.05, 4.69) is 213 Å². The minimum atomic E-state index is -0.137. The second-order valence-corrected chi connectivity index (χ2v) is 19.6. The van der Waals surface area contributed by atoms with Crippen LogP contribution in [0.15, 0.2) is 194 Å². The normalized spacial score (nSPS) is 21.4. The van der Waals surface area contributed by atoms with Crippen molar-refractivity contribution in [2.75, 3.05) is 4.90 Å². The highest BCUT2D eigenvalue weighted by atomic mass is 15.1. The predicted octanol–water partition coefficient (Wildman–Crippen LogP) is 16.6. The zero-order valence-corrected chi connectivity index (χ0v) is 35.9. The Balaban J connectivity index is 1.03. The first kappa shape index (κ1) is 37.3. The van der Waals surface area contributed by atoms with Crippen LogP contribution < -0.4 is 4.90 Å². The first-order chi connectivity index (χ1) is 30.4. The van der Waals surface area contributed by atoms with Gasteiger partial charge in [-0.05, 0) is 159 Å². The van der Waals surface area contributed by atoms with E-state index in [4.69, 9.17) is 0 Å². The second-order valence-electron chi connectivity index (χ2n) is 19.6. The number of anilines is 3. The maximum Gasteiger partial charge on any atom is 0.0618 e. The molecule has 0 radical (unpaired) electrons. The molecule has 0 N–H and O–H groups in total. The lowest BCUT2D eigenvalue weighted by Gasteiger charge is -2.57. The van der Waals surface area contributed by atoms with Crippen LogP contribution in [-0.2, 0) is 10.8 Å². The Kier molecular flexibility index (Phi) is 8.79. The van der Waals surface area contributed by atoms with Gasteiger partial charge < -0.3 is 4.90 Å². The molecule has 13 rings (SSSR count). The lowest BCUT2D eigenvalue weighted by Crippen LogP contribution is -2.48. The molecule has 8 aromatic rings. The van der Waals surface area contributed by atoms with Crippen molar-refractivity contribution in [1.29, 1.82) is 0 Å². The van der Waals surface area contributed by atoms with Gasteiger partial charge in [0.2, 0.25) is 0 Å². The van der Waals surface area contributed by atoms with Gasteiger partial charge in [-0.2, -0.15) is 0 Å². The van der Waals surface area contributed by atoms with Gasteiger partial charge >= 0.3 is 0 Å². The van der Waals surface area contributed by atoms with Crippen LogP contribution in [0.3, 0.4) is 0 Å². The van der Waals surface area contributed by atoms with Gasteiger partial charge in [-0.15, -0.1) is 0 Å². The zero-order chi connectivity index (χ0) is 41.4. The number of rotatable bonds is 8. The standard InChI is InChI=1S/C61H53N/c1-60(2)57-21-13-12-20-53(57)54-31-30-52(37-58(54)60)62(51-28-24-46(25-29-51)45-22-26-50(27-23-45)61-38-41-32-42(39-61)34-43(33-41)40-61)59-55(47-16-8-4-9-17-47)35-49(44-14-6-3-7-15-44)36-56(59)48-18-10-5-11-19-48/h3-31,35-37,41-43H,32-34,38-40H2,1-2H3. The van der Waals surface area contributed by atoms with Crippen LogP contribution in [0, 0.1) is 17.8 Å². The molecule has 302 valence electrons. The van der Waals surface area contributed by atoms with Crippen LogP contribution >= 0.6 is 0 Å². The maximum atomic E-state index is 2.54. The van der Waals surface area contributed by atoms with E-state index in [1.54, 1.807) is 5.56 Å². The Bertz CT molecular complexity index is 2830. The maximum absolute atomic E-state index is 2.54. The third-order valence-electron chi connectivity index (χ3n) is 15.4. The summed E-state index contributed by atoms with van der Waals surface area (Å²) >= 11 is 0. The summed E-state index contributed by atoms with van der Waals surface area (Å²) in [6, 6.07) is 72.9. The molecule has 1 heteroatoms. The summed E-state index contributed by atoms with van der Waals surface area (Å²) < 4.78 is 0. The van der Waals surface area contributed by atoms with Gasteiger partial charge in [0.05, 0.1) is 5.69 Å². The van der Waals surface area contributed by atoms with Gasteiger partial charge in [0.1, 0.15) is 0 Å². The highest BCUT2D eigenvalue weighted by Gasteiger charge is 2.51. The first-order valence-electron chi connectivity index (χ1n) is 23.0. The molecule has 62 heavy (non-hydrogen) atoms. The van der Waals surface area contributed by atoms with E-state index >= 15 is 0 Å². The monoisotopic (exact) mass is 799 g/mol. The summed E-state index contributed by atoms with van der Waals surface area (Å²) in [5.74, 6) is 2.84. The number of hydrogen-bond donors (Lipinski definition) is 0. The average Bonchev–Trinajstić information content (AvgIpc) is 3.55. The molecule has 1 nitrogen and oxygen atoms in total. The highest BCUT2D eigenvalue weighted by molar-refractivity contribution is 6.01. The molecule has 4 saturated carbocycles. The molecule has 4 fully saturated rings. The number of fused-ring (bicyclic) bond motifs is 3. The number of benzene rings is 8. The average molecular weight is 800 g/mol. The fraction of sp³-hybridized carbons (Fsp3) is 0.213. The fourth-order valence-electron chi connectivity index (χ4n) is 12.9. The van der Waals surface area contributed by atoms with Crippen LogP contribution in [0.25, 0.3) is 55.6 Å². The molecule has 8 aromatic carbocycles. The largest absolute Gasteiger partial charge is 0.309 e. The molecule has 0 aliphatic heterocycles. The van der Waals surface area contributed by atoms with Crippen LogP contribution in [0.5, 0.6) is 0 Å². The molecular formula is C61H53N. The smallest absolute Gasteiger partial charge is 0.0618 e. The molecular weight excluding hydrogens is 747 g/mol. The van der Waals surface area contributed by atoms with Gasteiger partial charge in [0.15, 0.2) is 0 Å². The summed E-state index contributed by atoms with van der Waals surface area (Å²) in [6.07, 6.45) is 8.64. The van der Waals surface area contributed by atoms with Crippen molar-refractivity contribution in [1.82, 2.24) is 0 Å². The molecule has 0 saturated heterocycles. The van der Waals surface area contributed by atoms with E-state index in [0.717, 1.165) is 29.1 Å². The highest BCUT2D eigenvalue weighted by Crippen LogP contribution is 2.61. The van der Waals surface area contributed by atoms with E-state index in [1.165, 1.54) is 111 Å². The Morgan fingerprint density at radius 3 is 1.39 bits per heavy atom. The molecule has 0 atom stereocenters. The van der Waals surface area contributed by atoms with Gasteiger partial charge in [-0.3, -0.25) is 0 Å².